The molecule has 2 saturated heterocycles. The lowest BCUT2D eigenvalue weighted by molar-refractivity contribution is -0.158. The van der Waals surface area contributed by atoms with Gasteiger partial charge in [-0.1, -0.05) is 97.1 Å². The lowest BCUT2D eigenvalue weighted by Crippen LogP contribution is -2.66. The number of piperazine rings is 1. The molecule has 1 N–H and O–H groups in total. The molecule has 9 nitrogen and oxygen atoms in total. The summed E-state index contributed by atoms with van der Waals surface area (Å²) in [4.78, 5) is 56.3. The zero-order valence-corrected chi connectivity index (χ0v) is 26.2. The van der Waals surface area contributed by atoms with Crippen LogP contribution in [0.25, 0.3) is 10.8 Å². The van der Waals surface area contributed by atoms with Crippen LogP contribution in [-0.2, 0) is 40.3 Å². The van der Waals surface area contributed by atoms with Crippen molar-refractivity contribution in [1.82, 2.24) is 25.1 Å². The van der Waals surface area contributed by atoms with E-state index in [0.29, 0.717) is 25.9 Å². The molecule has 0 unspecified atom stereocenters. The maximum atomic E-state index is 14.3. The van der Waals surface area contributed by atoms with E-state index in [4.69, 9.17) is 0 Å². The summed E-state index contributed by atoms with van der Waals surface area (Å²) in [5.74, 6) is -0.312. The highest BCUT2D eigenvalue weighted by molar-refractivity contribution is 5.92. The topological polar surface area (TPSA) is 93.3 Å². The van der Waals surface area contributed by atoms with Crippen LogP contribution in [0.1, 0.15) is 36.1 Å². The zero-order chi connectivity index (χ0) is 32.2. The third-order valence-electron chi connectivity index (χ3n) is 8.84. The summed E-state index contributed by atoms with van der Waals surface area (Å²) in [5.41, 5.74) is 3.78. The van der Waals surface area contributed by atoms with Crippen molar-refractivity contribution in [2.45, 2.75) is 58.0 Å². The fourth-order valence-electron chi connectivity index (χ4n) is 6.63. The maximum Gasteiger partial charge on any atom is 0.332 e. The molecule has 0 radical (unpaired) electrons. The second-order valence-corrected chi connectivity index (χ2v) is 12.2. The second kappa shape index (κ2) is 13.5. The van der Waals surface area contributed by atoms with Gasteiger partial charge in [-0.25, -0.2) is 4.79 Å². The Morgan fingerprint density at radius 2 is 1.59 bits per heavy atom. The van der Waals surface area contributed by atoms with Crippen LogP contribution in [0.15, 0.2) is 97.1 Å². The van der Waals surface area contributed by atoms with Crippen molar-refractivity contribution in [3.8, 4) is 0 Å². The fourth-order valence-corrected chi connectivity index (χ4v) is 6.63. The number of hydrogen-bond acceptors (Lipinski definition) is 5. The van der Waals surface area contributed by atoms with Crippen molar-refractivity contribution in [2.24, 2.45) is 0 Å². The smallest absolute Gasteiger partial charge is 0.332 e. The van der Waals surface area contributed by atoms with Gasteiger partial charge in [0.05, 0.1) is 13.1 Å². The minimum absolute atomic E-state index is 0.00817. The van der Waals surface area contributed by atoms with E-state index in [1.54, 1.807) is 9.91 Å². The molecule has 46 heavy (non-hydrogen) atoms. The molecule has 0 bridgehead atoms. The third kappa shape index (κ3) is 6.37. The van der Waals surface area contributed by atoms with Crippen LogP contribution >= 0.6 is 0 Å². The molecule has 236 valence electrons. The predicted molar refractivity (Wildman–Crippen MR) is 176 cm³/mol. The van der Waals surface area contributed by atoms with E-state index in [9.17, 15) is 19.2 Å². The number of benzene rings is 4. The van der Waals surface area contributed by atoms with E-state index in [-0.39, 0.29) is 37.0 Å². The van der Waals surface area contributed by atoms with E-state index in [0.717, 1.165) is 39.3 Å². The van der Waals surface area contributed by atoms with Crippen molar-refractivity contribution < 1.29 is 19.2 Å². The van der Waals surface area contributed by atoms with Crippen LogP contribution in [0.5, 0.6) is 0 Å². The first-order chi connectivity index (χ1) is 22.3. The van der Waals surface area contributed by atoms with Crippen LogP contribution in [0.3, 0.4) is 0 Å². The molecule has 4 amide bonds. The van der Waals surface area contributed by atoms with Gasteiger partial charge in [0, 0.05) is 32.0 Å². The molecule has 0 aromatic heterocycles. The number of fused-ring (bicyclic) bond motifs is 2. The van der Waals surface area contributed by atoms with E-state index in [2.05, 4.69) is 23.5 Å². The number of hydrogen-bond donors (Lipinski definition) is 1. The molecular formula is C37H39N5O4. The highest BCUT2D eigenvalue weighted by Crippen LogP contribution is 2.32. The highest BCUT2D eigenvalue weighted by atomic mass is 16.2. The molecule has 4 aromatic carbocycles. The number of nitrogens with one attached hydrogen (secondary N) is 1. The lowest BCUT2D eigenvalue weighted by atomic mass is 9.98. The average Bonchev–Trinajstić information content (AvgIpc) is 3.38. The monoisotopic (exact) mass is 617 g/mol. The highest BCUT2D eigenvalue weighted by Gasteiger charge is 2.52. The van der Waals surface area contributed by atoms with Crippen LogP contribution in [0.4, 0.5) is 4.79 Å². The van der Waals surface area contributed by atoms with Gasteiger partial charge < -0.3 is 19.9 Å². The first kappa shape index (κ1) is 31.0. The quantitative estimate of drug-likeness (QED) is 0.264. The summed E-state index contributed by atoms with van der Waals surface area (Å²) < 4.78 is 0. The average molecular weight is 618 g/mol. The maximum absolute atomic E-state index is 14.3. The van der Waals surface area contributed by atoms with Crippen LogP contribution < -0.4 is 5.32 Å². The fraction of sp³-hybridized carbons (Fsp3) is 0.297. The lowest BCUT2D eigenvalue weighted by Gasteiger charge is -2.47. The SMILES string of the molecule is CC(C)N(C(=O)NCc1ccccc1)N1CC(=O)N2[C@@H](Cc3ccc(CC=O)cc3)C(=O)N(Cc3cccc4ccccc34)C[C@@H]21. The Labute approximate surface area is 269 Å². The number of carbonyl (C=O) groups is 4. The number of carbonyl (C=O) groups excluding carboxylic acids is 4. The Morgan fingerprint density at radius 1 is 0.891 bits per heavy atom. The summed E-state index contributed by atoms with van der Waals surface area (Å²) in [7, 11) is 0. The van der Waals surface area contributed by atoms with E-state index in [1.165, 1.54) is 0 Å². The summed E-state index contributed by atoms with van der Waals surface area (Å²) >= 11 is 0. The zero-order valence-electron chi connectivity index (χ0n) is 26.2. The number of hydrazine groups is 1. The molecule has 2 aliphatic heterocycles. The molecule has 2 fully saturated rings. The standard InChI is InChI=1S/C37H39N5O4/c1-26(2)42(37(46)38-22-29-9-4-3-5-10-29)40-25-35(44)41-33(21-28-17-15-27(16-18-28)19-20-43)36(45)39(24-34(40)41)23-31-13-8-12-30-11-6-7-14-32(30)31/h3-18,20,26,33-34H,19,21-25H2,1-2H3,(H,38,46)/t33-,34+/m0/s1. The molecule has 0 saturated carbocycles. The van der Waals surface area contributed by atoms with Crippen LogP contribution in [-0.4, -0.2) is 75.3 Å². The van der Waals surface area contributed by atoms with Gasteiger partial charge in [-0.3, -0.25) is 14.6 Å². The van der Waals surface area contributed by atoms with E-state index < -0.39 is 12.2 Å². The Kier molecular flexibility index (Phi) is 9.12. The summed E-state index contributed by atoms with van der Waals surface area (Å²) in [6, 6.07) is 30.2. The van der Waals surface area contributed by atoms with Gasteiger partial charge in [-0.2, -0.15) is 5.01 Å². The number of aldehydes is 1. The normalized spacial score (nSPS) is 18.2. The Morgan fingerprint density at radius 3 is 2.33 bits per heavy atom. The molecule has 2 atom stereocenters. The predicted octanol–water partition coefficient (Wildman–Crippen LogP) is 4.54. The van der Waals surface area contributed by atoms with Gasteiger partial charge in [0.2, 0.25) is 11.8 Å². The molecule has 2 heterocycles. The first-order valence-corrected chi connectivity index (χ1v) is 15.8. The Balaban J connectivity index is 1.32. The minimum atomic E-state index is -0.746. The Hall–Kier alpha value is -5.02. The second-order valence-electron chi connectivity index (χ2n) is 12.2. The van der Waals surface area contributed by atoms with E-state index >= 15 is 0 Å². The van der Waals surface area contributed by atoms with Gasteiger partial charge >= 0.3 is 6.03 Å². The third-order valence-corrected chi connectivity index (χ3v) is 8.84. The number of rotatable bonds is 10. The molecule has 0 spiro atoms. The van der Waals surface area contributed by atoms with Gasteiger partial charge in [-0.05, 0) is 46.9 Å². The molecular weight excluding hydrogens is 578 g/mol. The molecule has 2 aliphatic rings. The summed E-state index contributed by atoms with van der Waals surface area (Å²) in [5, 5.41) is 8.65. The van der Waals surface area contributed by atoms with Crippen molar-refractivity contribution in [1.29, 1.82) is 0 Å². The van der Waals surface area contributed by atoms with E-state index in [1.807, 2.05) is 103 Å². The largest absolute Gasteiger partial charge is 0.333 e. The number of amides is 4. The molecule has 0 aliphatic carbocycles. The first-order valence-electron chi connectivity index (χ1n) is 15.8. The molecule has 4 aromatic rings. The van der Waals surface area contributed by atoms with Gasteiger partial charge in [-0.15, -0.1) is 0 Å². The number of nitrogens with zero attached hydrogens (tertiary/aromatic N) is 4. The van der Waals surface area contributed by atoms with Crippen molar-refractivity contribution >= 4 is 34.9 Å². The van der Waals surface area contributed by atoms with Gasteiger partial charge in [0.25, 0.3) is 0 Å². The molecule has 9 heteroatoms. The summed E-state index contributed by atoms with van der Waals surface area (Å²) in [6.07, 6.45) is 0.984. The molecule has 6 rings (SSSR count). The minimum Gasteiger partial charge on any atom is -0.333 e. The van der Waals surface area contributed by atoms with Crippen molar-refractivity contribution in [3.05, 3.63) is 119 Å². The van der Waals surface area contributed by atoms with Crippen molar-refractivity contribution in [3.63, 3.8) is 0 Å². The van der Waals surface area contributed by atoms with Crippen molar-refractivity contribution in [2.75, 3.05) is 13.1 Å². The number of urea groups is 1. The van der Waals surface area contributed by atoms with Gasteiger partial charge in [0.15, 0.2) is 0 Å². The Bertz CT molecular complexity index is 1720. The van der Waals surface area contributed by atoms with Crippen LogP contribution in [0.2, 0.25) is 0 Å². The summed E-state index contributed by atoms with van der Waals surface area (Å²) in [6.45, 7) is 4.84. The van der Waals surface area contributed by atoms with Crippen LogP contribution in [0, 0.1) is 0 Å². The van der Waals surface area contributed by atoms with Gasteiger partial charge in [0.1, 0.15) is 18.5 Å².